The van der Waals surface area contributed by atoms with E-state index in [1.54, 1.807) is 18.2 Å². The Morgan fingerprint density at radius 2 is 2.33 bits per heavy atom. The van der Waals surface area contributed by atoms with Gasteiger partial charge in [-0.15, -0.1) is 0 Å². The third-order valence-corrected chi connectivity index (χ3v) is 5.31. The molecule has 1 N–H and O–H groups in total. The van der Waals surface area contributed by atoms with E-state index in [2.05, 4.69) is 30.1 Å². The van der Waals surface area contributed by atoms with Crippen molar-refractivity contribution >= 4 is 35.0 Å². The molecule has 2 rings (SSSR count). The van der Waals surface area contributed by atoms with E-state index >= 15 is 0 Å². The van der Waals surface area contributed by atoms with Gasteiger partial charge in [0.2, 0.25) is 5.91 Å². The normalized spacial score (nSPS) is 22.6. The molecule has 1 aliphatic rings. The Labute approximate surface area is 134 Å². The van der Waals surface area contributed by atoms with Crippen molar-refractivity contribution in [1.82, 2.24) is 4.90 Å². The van der Waals surface area contributed by atoms with Gasteiger partial charge >= 0.3 is 0 Å². The Kier molecular flexibility index (Phi) is 5.51. The van der Waals surface area contributed by atoms with Crippen molar-refractivity contribution in [3.63, 3.8) is 0 Å². The first-order valence-corrected chi connectivity index (χ1v) is 8.29. The maximum atomic E-state index is 12.2. The Bertz CT molecular complexity index is 573. The first-order chi connectivity index (χ1) is 10.0. The van der Waals surface area contributed by atoms with Gasteiger partial charge in [-0.3, -0.25) is 9.69 Å². The Balaban J connectivity index is 2.02. The van der Waals surface area contributed by atoms with Crippen molar-refractivity contribution in [3.05, 3.63) is 28.8 Å². The molecule has 21 heavy (non-hydrogen) atoms. The van der Waals surface area contributed by atoms with Crippen molar-refractivity contribution in [1.29, 1.82) is 5.26 Å². The summed E-state index contributed by atoms with van der Waals surface area (Å²) in [7, 11) is 0. The molecule has 1 amide bonds. The van der Waals surface area contributed by atoms with Crippen LogP contribution in [0.1, 0.15) is 19.4 Å². The predicted octanol–water partition coefficient (Wildman–Crippen LogP) is 2.98. The molecule has 1 saturated heterocycles. The molecular formula is C15H18ClN3OS. The summed E-state index contributed by atoms with van der Waals surface area (Å²) in [4.78, 5) is 14.4. The fourth-order valence-electron chi connectivity index (χ4n) is 2.31. The molecule has 0 bridgehead atoms. The smallest absolute Gasteiger partial charge is 0.238 e. The number of carbonyl (C=O) groups excluding carboxylic acids is 1. The monoisotopic (exact) mass is 323 g/mol. The molecule has 4 nitrogen and oxygen atoms in total. The van der Waals surface area contributed by atoms with Crippen LogP contribution in [0.5, 0.6) is 0 Å². The highest BCUT2D eigenvalue weighted by Gasteiger charge is 2.26. The van der Waals surface area contributed by atoms with Crippen molar-refractivity contribution in [2.45, 2.75) is 25.1 Å². The van der Waals surface area contributed by atoms with Gasteiger partial charge in [0.05, 0.1) is 17.8 Å². The predicted molar refractivity (Wildman–Crippen MR) is 87.8 cm³/mol. The lowest BCUT2D eigenvalue weighted by molar-refractivity contribution is -0.117. The number of halogens is 1. The summed E-state index contributed by atoms with van der Waals surface area (Å²) in [6.45, 7) is 5.57. The molecule has 0 radical (unpaired) electrons. The van der Waals surface area contributed by atoms with E-state index in [9.17, 15) is 4.79 Å². The van der Waals surface area contributed by atoms with Crippen LogP contribution >= 0.6 is 23.4 Å². The lowest BCUT2D eigenvalue weighted by Crippen LogP contribution is -2.47. The van der Waals surface area contributed by atoms with Gasteiger partial charge in [0, 0.05) is 28.6 Å². The maximum absolute atomic E-state index is 12.2. The molecule has 0 aliphatic carbocycles. The SMILES string of the molecule is CC1SCCN(CC(=O)Nc2cc(Cl)ccc2C#N)C1C. The zero-order valence-corrected chi connectivity index (χ0v) is 13.7. The van der Waals surface area contributed by atoms with E-state index in [0.29, 0.717) is 34.1 Å². The van der Waals surface area contributed by atoms with Crippen LogP contribution in [0.3, 0.4) is 0 Å². The van der Waals surface area contributed by atoms with Crippen LogP contribution in [0.25, 0.3) is 0 Å². The van der Waals surface area contributed by atoms with Gasteiger partial charge in [-0.1, -0.05) is 18.5 Å². The summed E-state index contributed by atoms with van der Waals surface area (Å²) < 4.78 is 0. The van der Waals surface area contributed by atoms with Crippen LogP contribution in [0.15, 0.2) is 18.2 Å². The number of carbonyl (C=O) groups is 1. The summed E-state index contributed by atoms with van der Waals surface area (Å²) in [5.74, 6) is 0.930. The number of nitriles is 1. The third kappa shape index (κ3) is 4.13. The molecule has 1 fully saturated rings. The number of nitrogens with one attached hydrogen (secondary N) is 1. The molecule has 2 atom stereocenters. The number of amides is 1. The molecule has 1 aliphatic heterocycles. The first kappa shape index (κ1) is 16.2. The maximum Gasteiger partial charge on any atom is 0.238 e. The second kappa shape index (κ2) is 7.17. The number of nitrogens with zero attached hydrogens (tertiary/aromatic N) is 2. The zero-order valence-electron chi connectivity index (χ0n) is 12.1. The van der Waals surface area contributed by atoms with Gasteiger partial charge < -0.3 is 5.32 Å². The number of thioether (sulfide) groups is 1. The van der Waals surface area contributed by atoms with E-state index in [0.717, 1.165) is 12.3 Å². The minimum Gasteiger partial charge on any atom is -0.324 e. The first-order valence-electron chi connectivity index (χ1n) is 6.86. The van der Waals surface area contributed by atoms with E-state index in [1.807, 2.05) is 11.8 Å². The van der Waals surface area contributed by atoms with Gasteiger partial charge in [-0.2, -0.15) is 17.0 Å². The Morgan fingerprint density at radius 1 is 1.57 bits per heavy atom. The summed E-state index contributed by atoms with van der Waals surface area (Å²) >= 11 is 7.85. The molecule has 1 aromatic carbocycles. The van der Waals surface area contributed by atoms with E-state index in [4.69, 9.17) is 16.9 Å². The number of hydrogen-bond acceptors (Lipinski definition) is 4. The second-order valence-electron chi connectivity index (χ2n) is 5.14. The highest BCUT2D eigenvalue weighted by molar-refractivity contribution is 8.00. The third-order valence-electron chi connectivity index (χ3n) is 3.74. The van der Waals surface area contributed by atoms with Crippen LogP contribution in [-0.4, -0.2) is 40.9 Å². The van der Waals surface area contributed by atoms with E-state index in [-0.39, 0.29) is 5.91 Å². The van der Waals surface area contributed by atoms with Crippen molar-refractivity contribution < 1.29 is 4.79 Å². The summed E-state index contributed by atoms with van der Waals surface area (Å²) in [5, 5.41) is 12.9. The van der Waals surface area contributed by atoms with E-state index in [1.165, 1.54) is 0 Å². The lowest BCUT2D eigenvalue weighted by Gasteiger charge is -2.36. The zero-order chi connectivity index (χ0) is 15.4. The topological polar surface area (TPSA) is 56.1 Å². The fourth-order valence-corrected chi connectivity index (χ4v) is 3.64. The van der Waals surface area contributed by atoms with Gasteiger partial charge in [0.25, 0.3) is 0 Å². The summed E-state index contributed by atoms with van der Waals surface area (Å²) in [6, 6.07) is 7.28. The number of rotatable bonds is 3. The molecule has 0 saturated carbocycles. The van der Waals surface area contributed by atoms with Crippen LogP contribution in [0.2, 0.25) is 5.02 Å². The van der Waals surface area contributed by atoms with Crippen LogP contribution in [-0.2, 0) is 4.79 Å². The van der Waals surface area contributed by atoms with Crippen molar-refractivity contribution in [2.24, 2.45) is 0 Å². The number of anilines is 1. The number of benzene rings is 1. The largest absolute Gasteiger partial charge is 0.324 e. The van der Waals surface area contributed by atoms with Crippen LogP contribution in [0, 0.1) is 11.3 Å². The Hall–Kier alpha value is -1.22. The van der Waals surface area contributed by atoms with Crippen molar-refractivity contribution in [3.8, 4) is 6.07 Å². The lowest BCUT2D eigenvalue weighted by atomic mass is 10.2. The molecule has 1 aromatic rings. The summed E-state index contributed by atoms with van der Waals surface area (Å²) in [6.07, 6.45) is 0. The average Bonchev–Trinajstić information content (AvgIpc) is 2.44. The van der Waals surface area contributed by atoms with Gasteiger partial charge in [-0.05, 0) is 25.1 Å². The quantitative estimate of drug-likeness (QED) is 0.929. The van der Waals surface area contributed by atoms with Crippen LogP contribution in [0.4, 0.5) is 5.69 Å². The van der Waals surface area contributed by atoms with Gasteiger partial charge in [0.15, 0.2) is 0 Å². The Morgan fingerprint density at radius 3 is 3.05 bits per heavy atom. The fraction of sp³-hybridized carbons (Fsp3) is 0.467. The summed E-state index contributed by atoms with van der Waals surface area (Å²) in [5.41, 5.74) is 0.894. The second-order valence-corrected chi connectivity index (χ2v) is 7.06. The minimum atomic E-state index is -0.111. The van der Waals surface area contributed by atoms with Gasteiger partial charge in [0.1, 0.15) is 6.07 Å². The molecule has 0 aromatic heterocycles. The van der Waals surface area contributed by atoms with Crippen LogP contribution < -0.4 is 5.32 Å². The highest BCUT2D eigenvalue weighted by Crippen LogP contribution is 2.24. The molecule has 6 heteroatoms. The van der Waals surface area contributed by atoms with Crippen molar-refractivity contribution in [2.75, 3.05) is 24.2 Å². The molecule has 1 heterocycles. The molecule has 112 valence electrons. The molecule has 0 spiro atoms. The molecular weight excluding hydrogens is 306 g/mol. The standard InChI is InChI=1S/C15H18ClN3OS/c1-10-11(2)21-6-5-19(10)9-15(20)18-14-7-13(16)4-3-12(14)8-17/h3-4,7,10-11H,5-6,9H2,1-2H3,(H,18,20). The number of hydrogen-bond donors (Lipinski definition) is 1. The van der Waals surface area contributed by atoms with E-state index < -0.39 is 0 Å². The van der Waals surface area contributed by atoms with Gasteiger partial charge in [-0.25, -0.2) is 0 Å². The average molecular weight is 324 g/mol. The minimum absolute atomic E-state index is 0.111. The highest BCUT2D eigenvalue weighted by atomic mass is 35.5. The molecule has 2 unspecified atom stereocenters.